The Hall–Kier alpha value is -2.51. The molecule has 7 nitrogen and oxygen atoms in total. The zero-order chi connectivity index (χ0) is 17.1. The fraction of sp³-hybridized carbons (Fsp3) is 0.353. The average Bonchev–Trinajstić information content (AvgIpc) is 3.04. The van der Waals surface area contributed by atoms with Crippen LogP contribution in [0.1, 0.15) is 22.6 Å². The number of methoxy groups -OCH3 is 1. The van der Waals surface area contributed by atoms with E-state index in [4.69, 9.17) is 15.6 Å². The van der Waals surface area contributed by atoms with Crippen molar-refractivity contribution in [2.45, 2.75) is 25.6 Å². The van der Waals surface area contributed by atoms with Crippen molar-refractivity contribution >= 4 is 5.91 Å². The van der Waals surface area contributed by atoms with Crippen LogP contribution in [-0.2, 0) is 24.3 Å². The fourth-order valence-corrected chi connectivity index (χ4v) is 2.67. The summed E-state index contributed by atoms with van der Waals surface area (Å²) in [5.41, 5.74) is 8.45. The number of rotatable bonds is 5. The molecule has 24 heavy (non-hydrogen) atoms. The van der Waals surface area contributed by atoms with Gasteiger partial charge in [0, 0.05) is 24.7 Å². The summed E-state index contributed by atoms with van der Waals surface area (Å²) >= 11 is 0. The van der Waals surface area contributed by atoms with E-state index in [-0.39, 0.29) is 12.5 Å². The van der Waals surface area contributed by atoms with Crippen LogP contribution < -0.4 is 10.5 Å². The first-order valence-electron chi connectivity index (χ1n) is 7.72. The first-order valence-corrected chi connectivity index (χ1v) is 7.72. The molecule has 1 aliphatic heterocycles. The number of carbonyl (C=O) groups is 1. The summed E-state index contributed by atoms with van der Waals surface area (Å²) in [4.78, 5) is 22.6. The number of hydrogen-bond acceptors (Lipinski definition) is 6. The molecular formula is C17H20N4O3. The van der Waals surface area contributed by atoms with Gasteiger partial charge in [-0.2, -0.15) is 0 Å². The van der Waals surface area contributed by atoms with Crippen LogP contribution >= 0.6 is 0 Å². The van der Waals surface area contributed by atoms with Crippen molar-refractivity contribution in [3.63, 3.8) is 0 Å². The molecule has 1 aromatic heterocycles. The van der Waals surface area contributed by atoms with Crippen molar-refractivity contribution in [3.05, 3.63) is 53.1 Å². The highest BCUT2D eigenvalue weighted by atomic mass is 16.5. The number of aromatic nitrogens is 2. The Morgan fingerprint density at radius 1 is 1.38 bits per heavy atom. The predicted octanol–water partition coefficient (Wildman–Crippen LogP) is 0.238. The molecule has 2 aromatic rings. The number of nitrogens with two attached hydrogens (primary N) is 1. The second-order valence-electron chi connectivity index (χ2n) is 5.77. The Morgan fingerprint density at radius 2 is 2.12 bits per heavy atom. The van der Waals surface area contributed by atoms with Crippen LogP contribution in [0.4, 0.5) is 0 Å². The SMILES string of the molecule is COc1ccc(Cc2ncc3c(n2)CN(C(=O)[C@@H](N)CO)C3)cc1. The molecular weight excluding hydrogens is 308 g/mol. The minimum Gasteiger partial charge on any atom is -0.497 e. The maximum atomic E-state index is 12.1. The normalized spacial score (nSPS) is 14.4. The first kappa shape index (κ1) is 16.4. The molecule has 1 aliphatic rings. The standard InChI is InChI=1S/C17H20N4O3/c1-24-13-4-2-11(3-5-13)6-16-19-7-12-8-21(9-15(12)20-16)17(23)14(18)10-22/h2-5,7,14,22H,6,8-10,18H2,1H3/t14-/m0/s1. The van der Waals surface area contributed by atoms with Gasteiger partial charge in [0.05, 0.1) is 26.0 Å². The third-order valence-corrected chi connectivity index (χ3v) is 4.05. The molecule has 0 bridgehead atoms. The quantitative estimate of drug-likeness (QED) is 0.815. The number of hydrogen-bond donors (Lipinski definition) is 2. The van der Waals surface area contributed by atoms with Gasteiger partial charge in [0.15, 0.2) is 0 Å². The largest absolute Gasteiger partial charge is 0.497 e. The summed E-state index contributed by atoms with van der Waals surface area (Å²) in [5.74, 6) is 1.25. The van der Waals surface area contributed by atoms with Gasteiger partial charge in [0.25, 0.3) is 0 Å². The van der Waals surface area contributed by atoms with Gasteiger partial charge < -0.3 is 20.5 Å². The summed E-state index contributed by atoms with van der Waals surface area (Å²) < 4.78 is 5.15. The van der Waals surface area contributed by atoms with E-state index in [2.05, 4.69) is 9.97 Å². The Bertz CT molecular complexity index is 733. The summed E-state index contributed by atoms with van der Waals surface area (Å²) in [6.07, 6.45) is 2.38. The lowest BCUT2D eigenvalue weighted by Crippen LogP contribution is -2.43. The number of carbonyl (C=O) groups excluding carboxylic acids is 1. The van der Waals surface area contributed by atoms with Crippen molar-refractivity contribution in [2.24, 2.45) is 5.73 Å². The van der Waals surface area contributed by atoms with E-state index in [9.17, 15) is 4.79 Å². The van der Waals surface area contributed by atoms with E-state index < -0.39 is 6.04 Å². The van der Waals surface area contributed by atoms with Gasteiger partial charge in [0.1, 0.15) is 17.6 Å². The van der Waals surface area contributed by atoms with Crippen LogP contribution in [0.15, 0.2) is 30.5 Å². The Labute approximate surface area is 140 Å². The van der Waals surface area contributed by atoms with E-state index >= 15 is 0 Å². The Balaban J connectivity index is 1.71. The van der Waals surface area contributed by atoms with Crippen LogP contribution in [0.2, 0.25) is 0 Å². The van der Waals surface area contributed by atoms with Crippen molar-refractivity contribution in [3.8, 4) is 5.75 Å². The molecule has 0 unspecified atom stereocenters. The van der Waals surface area contributed by atoms with Crippen LogP contribution in [0.3, 0.4) is 0 Å². The zero-order valence-corrected chi connectivity index (χ0v) is 13.5. The highest BCUT2D eigenvalue weighted by molar-refractivity contribution is 5.82. The summed E-state index contributed by atoms with van der Waals surface area (Å²) in [5, 5.41) is 9.02. The smallest absolute Gasteiger partial charge is 0.242 e. The first-order chi connectivity index (χ1) is 11.6. The third kappa shape index (κ3) is 3.37. The minimum atomic E-state index is -0.883. The minimum absolute atomic E-state index is 0.271. The number of aliphatic hydroxyl groups excluding tert-OH is 1. The van der Waals surface area contributed by atoms with Gasteiger partial charge in [-0.05, 0) is 17.7 Å². The summed E-state index contributed by atoms with van der Waals surface area (Å²) in [6.45, 7) is 0.477. The Morgan fingerprint density at radius 3 is 2.79 bits per heavy atom. The van der Waals surface area contributed by atoms with E-state index in [1.54, 1.807) is 18.2 Å². The lowest BCUT2D eigenvalue weighted by atomic mass is 10.1. The molecule has 0 fully saturated rings. The number of ether oxygens (including phenoxy) is 1. The van der Waals surface area contributed by atoms with Crippen molar-refractivity contribution < 1.29 is 14.6 Å². The van der Waals surface area contributed by atoms with Crippen LogP contribution in [0.5, 0.6) is 5.75 Å². The topological polar surface area (TPSA) is 102 Å². The monoisotopic (exact) mass is 328 g/mol. The van der Waals surface area contributed by atoms with Gasteiger partial charge in [-0.25, -0.2) is 9.97 Å². The predicted molar refractivity (Wildman–Crippen MR) is 87.1 cm³/mol. The molecule has 0 saturated heterocycles. The molecule has 0 saturated carbocycles. The van der Waals surface area contributed by atoms with E-state index in [0.29, 0.717) is 25.3 Å². The highest BCUT2D eigenvalue weighted by Crippen LogP contribution is 2.21. The lowest BCUT2D eigenvalue weighted by Gasteiger charge is -2.18. The average molecular weight is 328 g/mol. The molecule has 0 radical (unpaired) electrons. The molecule has 1 amide bonds. The highest BCUT2D eigenvalue weighted by Gasteiger charge is 2.28. The fourth-order valence-electron chi connectivity index (χ4n) is 2.67. The number of fused-ring (bicyclic) bond motifs is 1. The molecule has 0 spiro atoms. The molecule has 3 rings (SSSR count). The van der Waals surface area contributed by atoms with Crippen LogP contribution in [-0.4, -0.2) is 45.6 Å². The van der Waals surface area contributed by atoms with Crippen molar-refractivity contribution in [2.75, 3.05) is 13.7 Å². The number of aliphatic hydroxyl groups is 1. The second-order valence-corrected chi connectivity index (χ2v) is 5.77. The van der Waals surface area contributed by atoms with E-state index in [1.807, 2.05) is 24.3 Å². The second kappa shape index (κ2) is 6.94. The van der Waals surface area contributed by atoms with E-state index in [1.165, 1.54) is 0 Å². The van der Waals surface area contributed by atoms with Gasteiger partial charge in [-0.1, -0.05) is 12.1 Å². The number of benzene rings is 1. The third-order valence-electron chi connectivity index (χ3n) is 4.05. The zero-order valence-electron chi connectivity index (χ0n) is 13.5. The Kier molecular flexibility index (Phi) is 4.73. The van der Waals surface area contributed by atoms with Crippen molar-refractivity contribution in [1.29, 1.82) is 0 Å². The maximum absolute atomic E-state index is 12.1. The molecule has 1 aromatic carbocycles. The molecule has 1 atom stereocenters. The van der Waals surface area contributed by atoms with Gasteiger partial charge in [0.2, 0.25) is 5.91 Å². The molecule has 126 valence electrons. The summed E-state index contributed by atoms with van der Waals surface area (Å²) in [6, 6.07) is 6.88. The van der Waals surface area contributed by atoms with Gasteiger partial charge in [-0.15, -0.1) is 0 Å². The number of amides is 1. The van der Waals surface area contributed by atoms with Crippen LogP contribution in [0, 0.1) is 0 Å². The summed E-state index contributed by atoms with van der Waals surface area (Å²) in [7, 11) is 1.63. The van der Waals surface area contributed by atoms with Crippen molar-refractivity contribution in [1.82, 2.24) is 14.9 Å². The van der Waals surface area contributed by atoms with Crippen LogP contribution in [0.25, 0.3) is 0 Å². The molecule has 2 heterocycles. The van der Waals surface area contributed by atoms with E-state index in [0.717, 1.165) is 22.6 Å². The molecule has 0 aliphatic carbocycles. The van der Waals surface area contributed by atoms with Gasteiger partial charge in [-0.3, -0.25) is 4.79 Å². The number of nitrogens with zero attached hydrogens (tertiary/aromatic N) is 3. The maximum Gasteiger partial charge on any atom is 0.242 e. The molecule has 7 heteroatoms. The lowest BCUT2D eigenvalue weighted by molar-refractivity contribution is -0.134. The van der Waals surface area contributed by atoms with Gasteiger partial charge >= 0.3 is 0 Å². The molecule has 3 N–H and O–H groups in total.